The lowest BCUT2D eigenvalue weighted by Crippen LogP contribution is -2.11. The van der Waals surface area contributed by atoms with Crippen LogP contribution in [0.2, 0.25) is 5.02 Å². The van der Waals surface area contributed by atoms with E-state index in [0.717, 1.165) is 27.6 Å². The first-order valence-corrected chi connectivity index (χ1v) is 8.87. The van der Waals surface area contributed by atoms with Crippen molar-refractivity contribution in [2.75, 3.05) is 11.1 Å². The number of aromatic nitrogens is 2. The van der Waals surface area contributed by atoms with Crippen LogP contribution in [0.25, 0.3) is 11.0 Å². The molecular formula is C17H16ClN3O2S. The SMILES string of the molecule is O=C(CCCSc1ccc(Cl)cc1)Nc1ccc2[nH]c(=O)[nH]c2c1. The van der Waals surface area contributed by atoms with E-state index in [0.29, 0.717) is 17.6 Å². The van der Waals surface area contributed by atoms with E-state index >= 15 is 0 Å². The molecule has 0 saturated carbocycles. The first kappa shape index (κ1) is 16.7. The summed E-state index contributed by atoms with van der Waals surface area (Å²) in [6.45, 7) is 0. The Morgan fingerprint density at radius 1 is 1.08 bits per heavy atom. The zero-order chi connectivity index (χ0) is 16.9. The summed E-state index contributed by atoms with van der Waals surface area (Å²) >= 11 is 7.55. The highest BCUT2D eigenvalue weighted by molar-refractivity contribution is 7.99. The molecule has 3 N–H and O–H groups in total. The third kappa shape index (κ3) is 4.43. The Hall–Kier alpha value is -2.18. The van der Waals surface area contributed by atoms with Gasteiger partial charge >= 0.3 is 5.69 Å². The molecule has 0 aliphatic carbocycles. The van der Waals surface area contributed by atoms with E-state index in [4.69, 9.17) is 11.6 Å². The van der Waals surface area contributed by atoms with E-state index in [-0.39, 0.29) is 11.6 Å². The number of imidazole rings is 1. The summed E-state index contributed by atoms with van der Waals surface area (Å²) < 4.78 is 0. The van der Waals surface area contributed by atoms with Crippen molar-refractivity contribution in [3.8, 4) is 0 Å². The van der Waals surface area contributed by atoms with Gasteiger partial charge in [0.1, 0.15) is 0 Å². The van der Waals surface area contributed by atoms with E-state index < -0.39 is 0 Å². The molecule has 3 aromatic rings. The number of halogens is 1. The van der Waals surface area contributed by atoms with E-state index in [2.05, 4.69) is 15.3 Å². The van der Waals surface area contributed by atoms with Crippen LogP contribution in [0.5, 0.6) is 0 Å². The molecular weight excluding hydrogens is 346 g/mol. The highest BCUT2D eigenvalue weighted by Gasteiger charge is 2.05. The van der Waals surface area contributed by atoms with E-state index in [1.54, 1.807) is 30.0 Å². The number of aromatic amines is 2. The van der Waals surface area contributed by atoms with Crippen LogP contribution in [-0.2, 0) is 4.79 Å². The van der Waals surface area contributed by atoms with Gasteiger partial charge in [-0.3, -0.25) is 4.79 Å². The zero-order valence-corrected chi connectivity index (χ0v) is 14.3. The molecule has 0 aliphatic heterocycles. The molecule has 5 nitrogen and oxygen atoms in total. The van der Waals surface area contributed by atoms with Gasteiger partial charge in [-0.25, -0.2) is 4.79 Å². The topological polar surface area (TPSA) is 77.8 Å². The van der Waals surface area contributed by atoms with Gasteiger partial charge in [-0.15, -0.1) is 11.8 Å². The van der Waals surface area contributed by atoms with Crippen LogP contribution < -0.4 is 11.0 Å². The molecule has 0 spiro atoms. The number of nitrogens with one attached hydrogen (secondary N) is 3. The highest BCUT2D eigenvalue weighted by atomic mass is 35.5. The third-order valence-electron chi connectivity index (χ3n) is 3.43. The van der Waals surface area contributed by atoms with Crippen molar-refractivity contribution >= 4 is 46.0 Å². The van der Waals surface area contributed by atoms with Gasteiger partial charge in [-0.2, -0.15) is 0 Å². The number of carbonyl (C=O) groups excluding carboxylic acids is 1. The zero-order valence-electron chi connectivity index (χ0n) is 12.8. The number of amides is 1. The first-order chi connectivity index (χ1) is 11.6. The molecule has 0 aliphatic rings. The quantitative estimate of drug-likeness (QED) is 0.458. The molecule has 0 bridgehead atoms. The number of anilines is 1. The largest absolute Gasteiger partial charge is 0.326 e. The van der Waals surface area contributed by atoms with Crippen molar-refractivity contribution < 1.29 is 4.79 Å². The van der Waals surface area contributed by atoms with E-state index in [1.165, 1.54) is 0 Å². The summed E-state index contributed by atoms with van der Waals surface area (Å²) in [6.07, 6.45) is 1.23. The van der Waals surface area contributed by atoms with Crippen molar-refractivity contribution in [3.05, 3.63) is 58.0 Å². The molecule has 124 valence electrons. The van der Waals surface area contributed by atoms with Crippen LogP contribution in [0, 0.1) is 0 Å². The Balaban J connectivity index is 1.46. The Kier molecular flexibility index (Phi) is 5.27. The summed E-state index contributed by atoms with van der Waals surface area (Å²) in [7, 11) is 0. The number of hydrogen-bond donors (Lipinski definition) is 3. The fourth-order valence-corrected chi connectivity index (χ4v) is 3.27. The second-order valence-corrected chi connectivity index (χ2v) is 6.90. The number of rotatable bonds is 6. The molecule has 1 heterocycles. The van der Waals surface area contributed by atoms with Crippen molar-refractivity contribution in [1.29, 1.82) is 0 Å². The Morgan fingerprint density at radius 3 is 2.62 bits per heavy atom. The van der Waals surface area contributed by atoms with Crippen LogP contribution in [0.15, 0.2) is 52.2 Å². The van der Waals surface area contributed by atoms with Gasteiger partial charge in [-0.1, -0.05) is 11.6 Å². The predicted octanol–water partition coefficient (Wildman–Crippen LogP) is 4.02. The average molecular weight is 362 g/mol. The van der Waals surface area contributed by atoms with Crippen LogP contribution in [-0.4, -0.2) is 21.6 Å². The lowest BCUT2D eigenvalue weighted by Gasteiger charge is -2.05. The molecule has 1 amide bonds. The summed E-state index contributed by atoms with van der Waals surface area (Å²) in [5.74, 6) is 0.822. The minimum Gasteiger partial charge on any atom is -0.326 e. The fraction of sp³-hybridized carbons (Fsp3) is 0.176. The minimum atomic E-state index is -0.257. The Labute approximate surface area is 147 Å². The highest BCUT2D eigenvalue weighted by Crippen LogP contribution is 2.21. The standard InChI is InChI=1S/C17H16ClN3O2S/c18-11-3-6-13(7-4-11)24-9-1-2-16(22)19-12-5-8-14-15(10-12)21-17(23)20-14/h3-8,10H,1-2,9H2,(H,19,22)(H2,20,21,23). The Morgan fingerprint density at radius 2 is 1.83 bits per heavy atom. The van der Waals surface area contributed by atoms with Gasteiger partial charge in [0.05, 0.1) is 11.0 Å². The summed E-state index contributed by atoms with van der Waals surface area (Å²) in [6, 6.07) is 12.9. The molecule has 24 heavy (non-hydrogen) atoms. The first-order valence-electron chi connectivity index (χ1n) is 7.50. The second-order valence-electron chi connectivity index (χ2n) is 5.29. The third-order valence-corrected chi connectivity index (χ3v) is 4.78. The molecule has 3 rings (SSSR count). The normalized spacial score (nSPS) is 10.9. The lowest BCUT2D eigenvalue weighted by atomic mass is 10.2. The Bertz CT molecular complexity index is 902. The minimum absolute atomic E-state index is 0.0380. The molecule has 0 unspecified atom stereocenters. The maximum atomic E-state index is 12.0. The van der Waals surface area contributed by atoms with Gasteiger partial charge in [-0.05, 0) is 54.6 Å². The van der Waals surface area contributed by atoms with Gasteiger partial charge in [0.15, 0.2) is 0 Å². The van der Waals surface area contributed by atoms with Crippen molar-refractivity contribution in [1.82, 2.24) is 9.97 Å². The monoisotopic (exact) mass is 361 g/mol. The van der Waals surface area contributed by atoms with Crippen LogP contribution in [0.4, 0.5) is 5.69 Å². The van der Waals surface area contributed by atoms with Gasteiger partial charge < -0.3 is 15.3 Å². The number of H-pyrrole nitrogens is 2. The molecule has 1 aromatic heterocycles. The molecule has 0 atom stereocenters. The number of hydrogen-bond acceptors (Lipinski definition) is 3. The second kappa shape index (κ2) is 7.59. The van der Waals surface area contributed by atoms with Crippen LogP contribution in [0.1, 0.15) is 12.8 Å². The molecule has 0 fully saturated rings. The van der Waals surface area contributed by atoms with Crippen molar-refractivity contribution in [2.24, 2.45) is 0 Å². The smallest absolute Gasteiger partial charge is 0.323 e. The number of benzene rings is 2. The maximum Gasteiger partial charge on any atom is 0.323 e. The number of fused-ring (bicyclic) bond motifs is 1. The number of carbonyl (C=O) groups is 1. The molecule has 0 radical (unpaired) electrons. The summed E-state index contributed by atoms with van der Waals surface area (Å²) in [4.78, 5) is 29.7. The van der Waals surface area contributed by atoms with Gasteiger partial charge in [0, 0.05) is 22.0 Å². The predicted molar refractivity (Wildman–Crippen MR) is 99.0 cm³/mol. The summed E-state index contributed by atoms with van der Waals surface area (Å²) in [5.41, 5.74) is 1.81. The fourth-order valence-electron chi connectivity index (χ4n) is 2.29. The molecule has 2 aromatic carbocycles. The molecule has 7 heteroatoms. The van der Waals surface area contributed by atoms with Crippen LogP contribution in [0.3, 0.4) is 0 Å². The maximum absolute atomic E-state index is 12.0. The van der Waals surface area contributed by atoms with Crippen molar-refractivity contribution in [3.63, 3.8) is 0 Å². The number of thioether (sulfide) groups is 1. The molecule has 0 saturated heterocycles. The van der Waals surface area contributed by atoms with E-state index in [9.17, 15) is 9.59 Å². The summed E-state index contributed by atoms with van der Waals surface area (Å²) in [5, 5.41) is 3.57. The van der Waals surface area contributed by atoms with Crippen LogP contribution >= 0.6 is 23.4 Å². The average Bonchev–Trinajstić information content (AvgIpc) is 2.92. The van der Waals surface area contributed by atoms with Gasteiger partial charge in [0.25, 0.3) is 0 Å². The van der Waals surface area contributed by atoms with Gasteiger partial charge in [0.2, 0.25) is 5.91 Å². The van der Waals surface area contributed by atoms with Crippen molar-refractivity contribution in [2.45, 2.75) is 17.7 Å². The van der Waals surface area contributed by atoms with E-state index in [1.807, 2.05) is 24.3 Å². The lowest BCUT2D eigenvalue weighted by molar-refractivity contribution is -0.116.